The molecule has 1 rings (SSSR count). The van der Waals surface area contributed by atoms with Crippen LogP contribution in [-0.2, 0) is 4.79 Å². The first kappa shape index (κ1) is 15.6. The van der Waals surface area contributed by atoms with Gasteiger partial charge in [0, 0.05) is 26.1 Å². The second kappa shape index (κ2) is 6.12. The normalized spacial score (nSPS) is 15.2. The molecule has 5 nitrogen and oxygen atoms in total. The number of rotatable bonds is 6. The van der Waals surface area contributed by atoms with Crippen molar-refractivity contribution < 1.29 is 27.9 Å². The molecular formula is C11H17F3N2O3. The molecule has 0 aromatic carbocycles. The summed E-state index contributed by atoms with van der Waals surface area (Å²) in [6.45, 7) is -1.12. The van der Waals surface area contributed by atoms with Gasteiger partial charge in [-0.2, -0.15) is 13.2 Å². The molecule has 0 unspecified atom stereocenters. The summed E-state index contributed by atoms with van der Waals surface area (Å²) in [5.41, 5.74) is 0. The SMILES string of the molecule is CN(CCCC(=O)O)C(=O)N(CC(F)(F)F)C1CC1. The number of hydrogen-bond donors (Lipinski definition) is 1. The van der Waals surface area contributed by atoms with Gasteiger partial charge in [-0.3, -0.25) is 4.79 Å². The van der Waals surface area contributed by atoms with Crippen LogP contribution < -0.4 is 0 Å². The van der Waals surface area contributed by atoms with Gasteiger partial charge in [0.1, 0.15) is 6.54 Å². The Morgan fingerprint density at radius 2 is 1.89 bits per heavy atom. The molecule has 2 amide bonds. The molecule has 110 valence electrons. The summed E-state index contributed by atoms with van der Waals surface area (Å²) in [7, 11) is 1.38. The van der Waals surface area contributed by atoms with E-state index in [1.165, 1.54) is 7.05 Å². The van der Waals surface area contributed by atoms with E-state index in [9.17, 15) is 22.8 Å². The number of nitrogens with zero attached hydrogens (tertiary/aromatic N) is 2. The highest BCUT2D eigenvalue weighted by molar-refractivity contribution is 5.75. The third-order valence-corrected chi connectivity index (χ3v) is 2.79. The van der Waals surface area contributed by atoms with Crippen LogP contribution in [0.15, 0.2) is 0 Å². The minimum atomic E-state index is -4.42. The van der Waals surface area contributed by atoms with E-state index in [4.69, 9.17) is 5.11 Å². The molecule has 1 saturated carbocycles. The smallest absolute Gasteiger partial charge is 0.406 e. The lowest BCUT2D eigenvalue weighted by molar-refractivity contribution is -0.141. The van der Waals surface area contributed by atoms with Crippen molar-refractivity contribution in [1.29, 1.82) is 0 Å². The van der Waals surface area contributed by atoms with E-state index >= 15 is 0 Å². The van der Waals surface area contributed by atoms with E-state index in [1.54, 1.807) is 0 Å². The molecule has 0 heterocycles. The maximum atomic E-state index is 12.4. The molecule has 0 atom stereocenters. The molecule has 0 saturated heterocycles. The highest BCUT2D eigenvalue weighted by Gasteiger charge is 2.41. The number of alkyl halides is 3. The Morgan fingerprint density at radius 1 is 1.32 bits per heavy atom. The number of carbonyl (C=O) groups excluding carboxylic acids is 1. The summed E-state index contributed by atoms with van der Waals surface area (Å²) in [6.07, 6.45) is -3.13. The van der Waals surface area contributed by atoms with Crippen molar-refractivity contribution in [2.75, 3.05) is 20.1 Å². The van der Waals surface area contributed by atoms with Gasteiger partial charge in [0.05, 0.1) is 0 Å². The molecule has 0 aliphatic heterocycles. The van der Waals surface area contributed by atoms with Crippen LogP contribution in [0.4, 0.5) is 18.0 Å². The molecule has 0 aromatic rings. The largest absolute Gasteiger partial charge is 0.481 e. The minimum absolute atomic E-state index is 0.111. The maximum Gasteiger partial charge on any atom is 0.406 e. The molecule has 0 aromatic heterocycles. The number of carboxylic acids is 1. The Balaban J connectivity index is 2.49. The van der Waals surface area contributed by atoms with Gasteiger partial charge >= 0.3 is 18.2 Å². The van der Waals surface area contributed by atoms with Crippen molar-refractivity contribution in [3.05, 3.63) is 0 Å². The van der Waals surface area contributed by atoms with Gasteiger partial charge in [-0.25, -0.2) is 4.79 Å². The second-order valence-corrected chi connectivity index (χ2v) is 4.68. The second-order valence-electron chi connectivity index (χ2n) is 4.68. The van der Waals surface area contributed by atoms with E-state index in [-0.39, 0.29) is 25.4 Å². The number of urea groups is 1. The zero-order valence-corrected chi connectivity index (χ0v) is 10.6. The fourth-order valence-corrected chi connectivity index (χ4v) is 1.71. The Morgan fingerprint density at radius 3 is 2.32 bits per heavy atom. The molecule has 1 aliphatic rings. The monoisotopic (exact) mass is 282 g/mol. The van der Waals surface area contributed by atoms with Crippen LogP contribution in [0.25, 0.3) is 0 Å². The van der Waals surface area contributed by atoms with E-state index in [2.05, 4.69) is 0 Å². The summed E-state index contributed by atoms with van der Waals surface area (Å²) in [6, 6.07) is -1.03. The van der Waals surface area contributed by atoms with Crippen molar-refractivity contribution >= 4 is 12.0 Å². The predicted octanol–water partition coefficient (Wildman–Crippen LogP) is 1.93. The minimum Gasteiger partial charge on any atom is -0.481 e. The van der Waals surface area contributed by atoms with Gasteiger partial charge in [0.15, 0.2) is 0 Å². The van der Waals surface area contributed by atoms with Crippen molar-refractivity contribution in [3.63, 3.8) is 0 Å². The molecule has 1 aliphatic carbocycles. The van der Waals surface area contributed by atoms with Gasteiger partial charge < -0.3 is 14.9 Å². The summed E-state index contributed by atoms with van der Waals surface area (Å²) in [4.78, 5) is 24.2. The van der Waals surface area contributed by atoms with Gasteiger partial charge in [-0.1, -0.05) is 0 Å². The fourth-order valence-electron chi connectivity index (χ4n) is 1.71. The lowest BCUT2D eigenvalue weighted by atomic mass is 10.3. The lowest BCUT2D eigenvalue weighted by Crippen LogP contribution is -2.47. The first-order valence-corrected chi connectivity index (χ1v) is 6.01. The molecule has 1 N–H and O–H groups in total. The Kier molecular flexibility index (Phi) is 5.02. The number of carbonyl (C=O) groups is 2. The maximum absolute atomic E-state index is 12.4. The first-order chi connectivity index (χ1) is 8.70. The lowest BCUT2D eigenvalue weighted by Gasteiger charge is -2.28. The number of amides is 2. The number of hydrogen-bond acceptors (Lipinski definition) is 2. The van der Waals surface area contributed by atoms with Crippen LogP contribution in [0.1, 0.15) is 25.7 Å². The summed E-state index contributed by atoms with van der Waals surface area (Å²) in [5, 5.41) is 8.46. The summed E-state index contributed by atoms with van der Waals surface area (Å²) >= 11 is 0. The molecule has 0 radical (unpaired) electrons. The third-order valence-electron chi connectivity index (χ3n) is 2.79. The van der Waals surface area contributed by atoms with Crippen molar-refractivity contribution in [1.82, 2.24) is 9.80 Å². The van der Waals surface area contributed by atoms with Crippen molar-refractivity contribution in [3.8, 4) is 0 Å². The van der Waals surface area contributed by atoms with E-state index in [0.29, 0.717) is 12.8 Å². The van der Waals surface area contributed by atoms with Gasteiger partial charge in [0.2, 0.25) is 0 Å². The topological polar surface area (TPSA) is 60.9 Å². The third kappa shape index (κ3) is 5.80. The highest BCUT2D eigenvalue weighted by Crippen LogP contribution is 2.30. The molecule has 19 heavy (non-hydrogen) atoms. The standard InChI is InChI=1S/C11H17F3N2O3/c1-15(6-2-3-9(17)18)10(19)16(8-4-5-8)7-11(12,13)14/h8H,2-7H2,1H3,(H,17,18). The van der Waals surface area contributed by atoms with Gasteiger partial charge in [-0.05, 0) is 19.3 Å². The van der Waals surface area contributed by atoms with Gasteiger partial charge in [0.25, 0.3) is 0 Å². The fraction of sp³-hybridized carbons (Fsp3) is 0.818. The number of carboxylic acid groups (broad SMARTS) is 1. The first-order valence-electron chi connectivity index (χ1n) is 6.01. The van der Waals surface area contributed by atoms with Crippen molar-refractivity contribution in [2.45, 2.75) is 37.9 Å². The zero-order valence-electron chi connectivity index (χ0n) is 10.6. The zero-order chi connectivity index (χ0) is 14.6. The molecule has 1 fully saturated rings. The molecular weight excluding hydrogens is 265 g/mol. The van der Waals surface area contributed by atoms with Crippen molar-refractivity contribution in [2.24, 2.45) is 0 Å². The number of aliphatic carboxylic acids is 1. The molecule has 0 bridgehead atoms. The van der Waals surface area contributed by atoms with Crippen LogP contribution in [0.2, 0.25) is 0 Å². The van der Waals surface area contributed by atoms with Gasteiger partial charge in [-0.15, -0.1) is 0 Å². The Bertz CT molecular complexity index is 343. The van der Waals surface area contributed by atoms with Crippen LogP contribution in [0.3, 0.4) is 0 Å². The van der Waals surface area contributed by atoms with Crippen LogP contribution in [0.5, 0.6) is 0 Å². The van der Waals surface area contributed by atoms with E-state index in [0.717, 1.165) is 9.80 Å². The molecule has 0 spiro atoms. The summed E-state index contributed by atoms with van der Waals surface area (Å²) < 4.78 is 37.2. The van der Waals surface area contributed by atoms with Crippen LogP contribution in [0, 0.1) is 0 Å². The number of halogens is 3. The average molecular weight is 282 g/mol. The quantitative estimate of drug-likeness (QED) is 0.809. The van der Waals surface area contributed by atoms with Crippen LogP contribution in [-0.4, -0.2) is 59.3 Å². The predicted molar refractivity (Wildman–Crippen MR) is 60.7 cm³/mol. The highest BCUT2D eigenvalue weighted by atomic mass is 19.4. The van der Waals surface area contributed by atoms with E-state index in [1.807, 2.05) is 0 Å². The molecule has 8 heteroatoms. The van der Waals surface area contributed by atoms with E-state index < -0.39 is 24.7 Å². The average Bonchev–Trinajstić information content (AvgIpc) is 3.06. The Hall–Kier alpha value is -1.47. The Labute approximate surface area is 109 Å². The van der Waals surface area contributed by atoms with Crippen LogP contribution >= 0.6 is 0 Å². The summed E-state index contributed by atoms with van der Waals surface area (Å²) in [5.74, 6) is -0.991.